The number of rotatable bonds is 7. The van der Waals surface area contributed by atoms with Gasteiger partial charge in [-0.1, -0.05) is 54.6 Å². The van der Waals surface area contributed by atoms with Crippen molar-refractivity contribution in [3.05, 3.63) is 106 Å². The van der Waals surface area contributed by atoms with Crippen LogP contribution in [0.1, 0.15) is 17.0 Å². The van der Waals surface area contributed by atoms with Gasteiger partial charge in [-0.3, -0.25) is 9.59 Å². The zero-order valence-electron chi connectivity index (χ0n) is 17.2. The molecule has 0 radical (unpaired) electrons. The first-order chi connectivity index (χ1) is 15.6. The molecule has 0 bridgehead atoms. The third kappa shape index (κ3) is 4.82. The second-order valence-corrected chi connectivity index (χ2v) is 7.16. The van der Waals surface area contributed by atoms with E-state index in [1.54, 1.807) is 47.4 Å². The predicted molar refractivity (Wildman–Crippen MR) is 120 cm³/mol. The van der Waals surface area contributed by atoms with Crippen molar-refractivity contribution in [1.82, 2.24) is 14.9 Å². The van der Waals surface area contributed by atoms with E-state index in [1.807, 2.05) is 36.4 Å². The van der Waals surface area contributed by atoms with Crippen LogP contribution in [0.5, 0.6) is 5.75 Å². The summed E-state index contributed by atoms with van der Waals surface area (Å²) in [7, 11) is 0. The quantitative estimate of drug-likeness (QED) is 0.490. The number of H-pyrrole nitrogens is 1. The van der Waals surface area contributed by atoms with Crippen molar-refractivity contribution in [3.8, 4) is 11.8 Å². The Morgan fingerprint density at radius 2 is 1.69 bits per heavy atom. The molecule has 7 heteroatoms. The van der Waals surface area contributed by atoms with E-state index in [-0.39, 0.29) is 24.6 Å². The average molecular weight is 424 g/mol. The van der Waals surface area contributed by atoms with Crippen LogP contribution in [0.2, 0.25) is 0 Å². The number of nitrogens with one attached hydrogen (secondary N) is 1. The Labute approximate surface area is 184 Å². The molecular weight excluding hydrogens is 404 g/mol. The SMILES string of the molecule is N#Cc1ccccc1OCC(=O)N(Cc1ccccc1)Cc1nc2ccccc2c(=O)[nH]1. The predicted octanol–water partition coefficient (Wildman–Crippen LogP) is 3.40. The summed E-state index contributed by atoms with van der Waals surface area (Å²) >= 11 is 0. The minimum atomic E-state index is -0.294. The number of hydrogen-bond donors (Lipinski definition) is 1. The monoisotopic (exact) mass is 424 g/mol. The topological polar surface area (TPSA) is 99.1 Å². The fourth-order valence-electron chi connectivity index (χ4n) is 3.34. The Morgan fingerprint density at radius 1 is 0.969 bits per heavy atom. The van der Waals surface area contributed by atoms with Gasteiger partial charge in [0.25, 0.3) is 11.5 Å². The van der Waals surface area contributed by atoms with Gasteiger partial charge in [-0.2, -0.15) is 5.26 Å². The molecule has 1 aromatic heterocycles. The van der Waals surface area contributed by atoms with Crippen LogP contribution < -0.4 is 10.3 Å². The highest BCUT2D eigenvalue weighted by atomic mass is 16.5. The number of amides is 1. The van der Waals surface area contributed by atoms with Gasteiger partial charge in [-0.15, -0.1) is 0 Å². The minimum absolute atomic E-state index is 0.108. The molecule has 4 rings (SSSR count). The smallest absolute Gasteiger partial charge is 0.261 e. The van der Waals surface area contributed by atoms with E-state index in [0.29, 0.717) is 34.6 Å². The molecule has 3 aromatic carbocycles. The van der Waals surface area contributed by atoms with Gasteiger partial charge in [0.15, 0.2) is 6.61 Å². The number of hydrogen-bond acceptors (Lipinski definition) is 5. The first kappa shape index (κ1) is 20.8. The molecule has 4 aromatic rings. The Kier molecular flexibility index (Phi) is 6.23. The molecule has 0 fully saturated rings. The van der Waals surface area contributed by atoms with Crippen molar-refractivity contribution in [1.29, 1.82) is 5.26 Å². The van der Waals surface area contributed by atoms with Crippen molar-refractivity contribution in [3.63, 3.8) is 0 Å². The molecule has 0 spiro atoms. The lowest BCUT2D eigenvalue weighted by molar-refractivity contribution is -0.134. The molecule has 1 amide bonds. The van der Waals surface area contributed by atoms with Gasteiger partial charge in [0, 0.05) is 6.54 Å². The molecule has 0 aliphatic rings. The third-order valence-electron chi connectivity index (χ3n) is 4.93. The van der Waals surface area contributed by atoms with Crippen LogP contribution in [-0.4, -0.2) is 27.4 Å². The second kappa shape index (κ2) is 9.58. The van der Waals surface area contributed by atoms with Crippen LogP contribution in [0.25, 0.3) is 10.9 Å². The molecule has 158 valence electrons. The summed E-state index contributed by atoms with van der Waals surface area (Å²) in [4.78, 5) is 34.4. The highest BCUT2D eigenvalue weighted by molar-refractivity contribution is 5.78. The minimum Gasteiger partial charge on any atom is -0.482 e. The Hall–Kier alpha value is -4.44. The van der Waals surface area contributed by atoms with E-state index >= 15 is 0 Å². The largest absolute Gasteiger partial charge is 0.482 e. The lowest BCUT2D eigenvalue weighted by Crippen LogP contribution is -2.35. The normalized spacial score (nSPS) is 10.5. The standard InChI is InChI=1S/C25H20N4O3/c26-14-19-10-4-7-13-22(19)32-17-24(30)29(15-18-8-2-1-3-9-18)16-23-27-21-12-6-5-11-20(21)25(31)28-23/h1-13H,15-17H2,(H,27,28,31). The average Bonchev–Trinajstić information content (AvgIpc) is 2.83. The number of aromatic amines is 1. The van der Waals surface area contributed by atoms with Crippen molar-refractivity contribution < 1.29 is 9.53 Å². The third-order valence-corrected chi connectivity index (χ3v) is 4.93. The summed E-state index contributed by atoms with van der Waals surface area (Å²) < 4.78 is 5.63. The van der Waals surface area contributed by atoms with E-state index < -0.39 is 0 Å². The van der Waals surface area contributed by atoms with E-state index in [2.05, 4.69) is 16.0 Å². The van der Waals surface area contributed by atoms with Crippen molar-refractivity contribution in [2.45, 2.75) is 13.1 Å². The van der Waals surface area contributed by atoms with Crippen molar-refractivity contribution >= 4 is 16.8 Å². The van der Waals surface area contributed by atoms with Gasteiger partial charge in [-0.25, -0.2) is 4.98 Å². The summed E-state index contributed by atoms with van der Waals surface area (Å²) in [6.45, 7) is 0.180. The summed E-state index contributed by atoms with van der Waals surface area (Å²) in [6, 6.07) is 25.4. The summed E-state index contributed by atoms with van der Waals surface area (Å²) in [5.41, 5.74) is 1.60. The lowest BCUT2D eigenvalue weighted by atomic mass is 10.2. The van der Waals surface area contributed by atoms with Gasteiger partial charge >= 0.3 is 0 Å². The molecule has 0 aliphatic heterocycles. The number of ether oxygens (including phenoxy) is 1. The molecular formula is C25H20N4O3. The molecule has 1 N–H and O–H groups in total. The lowest BCUT2D eigenvalue weighted by Gasteiger charge is -2.23. The molecule has 0 unspecified atom stereocenters. The number of benzene rings is 3. The van der Waals surface area contributed by atoms with Gasteiger partial charge in [0.2, 0.25) is 0 Å². The molecule has 0 saturated heterocycles. The number of aromatic nitrogens is 2. The van der Waals surface area contributed by atoms with E-state index in [0.717, 1.165) is 5.56 Å². The van der Waals surface area contributed by atoms with Crippen LogP contribution in [0, 0.1) is 11.3 Å². The maximum absolute atomic E-state index is 13.1. The highest BCUT2D eigenvalue weighted by Crippen LogP contribution is 2.17. The van der Waals surface area contributed by atoms with E-state index in [9.17, 15) is 14.9 Å². The van der Waals surface area contributed by atoms with Crippen LogP contribution in [-0.2, 0) is 17.9 Å². The molecule has 0 aliphatic carbocycles. The molecule has 32 heavy (non-hydrogen) atoms. The Bertz CT molecular complexity index is 1340. The molecule has 1 heterocycles. The van der Waals surface area contributed by atoms with E-state index in [1.165, 1.54) is 0 Å². The first-order valence-electron chi connectivity index (χ1n) is 10.1. The number of carbonyl (C=O) groups is 1. The maximum atomic E-state index is 13.1. The van der Waals surface area contributed by atoms with Crippen LogP contribution >= 0.6 is 0 Å². The van der Waals surface area contributed by atoms with Crippen LogP contribution in [0.15, 0.2) is 83.7 Å². The van der Waals surface area contributed by atoms with Gasteiger partial charge in [0.05, 0.1) is 23.0 Å². The second-order valence-electron chi connectivity index (χ2n) is 7.16. The molecule has 0 saturated carbocycles. The Morgan fingerprint density at radius 3 is 2.50 bits per heavy atom. The summed E-state index contributed by atoms with van der Waals surface area (Å²) in [5, 5.41) is 9.72. The molecule has 0 atom stereocenters. The fraction of sp³-hybridized carbons (Fsp3) is 0.120. The van der Waals surface area contributed by atoms with Gasteiger partial charge < -0.3 is 14.6 Å². The Balaban J connectivity index is 1.58. The van der Waals surface area contributed by atoms with E-state index in [4.69, 9.17) is 4.74 Å². The zero-order valence-corrected chi connectivity index (χ0v) is 17.2. The number of fused-ring (bicyclic) bond motifs is 1. The number of carbonyl (C=O) groups excluding carboxylic acids is 1. The summed E-state index contributed by atoms with van der Waals surface area (Å²) in [6.07, 6.45) is 0. The highest BCUT2D eigenvalue weighted by Gasteiger charge is 2.18. The fourth-order valence-corrected chi connectivity index (χ4v) is 3.34. The van der Waals surface area contributed by atoms with Crippen LogP contribution in [0.3, 0.4) is 0 Å². The number of nitrogens with zero attached hydrogens (tertiary/aromatic N) is 3. The maximum Gasteiger partial charge on any atom is 0.261 e. The van der Waals surface area contributed by atoms with Gasteiger partial charge in [0.1, 0.15) is 17.6 Å². The zero-order chi connectivity index (χ0) is 22.3. The van der Waals surface area contributed by atoms with Crippen molar-refractivity contribution in [2.24, 2.45) is 0 Å². The molecule has 7 nitrogen and oxygen atoms in total. The first-order valence-corrected chi connectivity index (χ1v) is 10.1. The number of nitriles is 1. The summed E-state index contributed by atoms with van der Waals surface area (Å²) in [5.74, 6) is 0.438. The number of para-hydroxylation sites is 2. The van der Waals surface area contributed by atoms with Gasteiger partial charge in [-0.05, 0) is 29.8 Å². The van der Waals surface area contributed by atoms with Crippen LogP contribution in [0.4, 0.5) is 0 Å². The van der Waals surface area contributed by atoms with Crippen molar-refractivity contribution in [2.75, 3.05) is 6.61 Å².